The van der Waals surface area contributed by atoms with Crippen molar-refractivity contribution in [1.82, 2.24) is 28.6 Å². The molecular formula is C59H63N8O15S3+. The molecule has 0 spiro atoms. The molecule has 23 nitrogen and oxygen atoms in total. The van der Waals surface area contributed by atoms with Crippen LogP contribution in [0.2, 0.25) is 0 Å². The summed E-state index contributed by atoms with van der Waals surface area (Å²) < 4.78 is 95.5. The molecule has 5 aromatic carbocycles. The number of piperazine rings is 1. The molecule has 446 valence electrons. The Bertz CT molecular complexity index is 4070. The van der Waals surface area contributed by atoms with Crippen LogP contribution in [-0.4, -0.2) is 165 Å². The van der Waals surface area contributed by atoms with E-state index in [0.29, 0.717) is 51.8 Å². The molecule has 0 bridgehead atoms. The van der Waals surface area contributed by atoms with Crippen molar-refractivity contribution in [1.29, 1.82) is 0 Å². The van der Waals surface area contributed by atoms with Gasteiger partial charge in [0, 0.05) is 119 Å². The molecule has 1 fully saturated rings. The molecule has 9 rings (SSSR count). The third-order valence-corrected chi connectivity index (χ3v) is 20.0. The fourth-order valence-electron chi connectivity index (χ4n) is 11.0. The van der Waals surface area contributed by atoms with Gasteiger partial charge in [-0.15, -0.1) is 0 Å². The minimum absolute atomic E-state index is 0.00725. The molecule has 6 amide bonds. The van der Waals surface area contributed by atoms with Gasteiger partial charge in [0.15, 0.2) is 6.54 Å². The van der Waals surface area contributed by atoms with E-state index in [1.54, 1.807) is 74.5 Å². The van der Waals surface area contributed by atoms with E-state index in [4.69, 9.17) is 5.73 Å². The predicted molar refractivity (Wildman–Crippen MR) is 312 cm³/mol. The van der Waals surface area contributed by atoms with Gasteiger partial charge in [-0.05, 0) is 81.3 Å². The minimum atomic E-state index is -4.90. The lowest BCUT2D eigenvalue weighted by Crippen LogP contribution is -2.54. The molecule has 4 N–H and O–H groups in total. The van der Waals surface area contributed by atoms with Gasteiger partial charge in [0.2, 0.25) is 27.0 Å². The second-order valence-electron chi connectivity index (χ2n) is 21.1. The van der Waals surface area contributed by atoms with Crippen molar-refractivity contribution in [2.75, 3.05) is 70.4 Å². The van der Waals surface area contributed by atoms with Gasteiger partial charge in [-0.3, -0.25) is 52.7 Å². The Morgan fingerprint density at radius 3 is 1.87 bits per heavy atom. The average molecular weight is 1220 g/mol. The van der Waals surface area contributed by atoms with E-state index in [9.17, 15) is 63.4 Å². The van der Waals surface area contributed by atoms with Crippen molar-refractivity contribution in [3.05, 3.63) is 131 Å². The van der Waals surface area contributed by atoms with Gasteiger partial charge in [-0.25, -0.2) is 21.1 Å². The summed E-state index contributed by atoms with van der Waals surface area (Å²) in [6.45, 7) is 2.92. The van der Waals surface area contributed by atoms with Crippen LogP contribution in [0.3, 0.4) is 0 Å². The number of fused-ring (bicyclic) bond motifs is 2. The number of nitrogens with two attached hydrogens (primary N) is 1. The number of anilines is 1. The van der Waals surface area contributed by atoms with E-state index in [-0.39, 0.29) is 140 Å². The summed E-state index contributed by atoms with van der Waals surface area (Å²) in [4.78, 5) is 108. The summed E-state index contributed by atoms with van der Waals surface area (Å²) in [6, 6.07) is 23.7. The fraction of sp³-hybridized carbons (Fsp3) is 0.339. The monoisotopic (exact) mass is 1220 g/mol. The van der Waals surface area contributed by atoms with E-state index < -0.39 is 77.0 Å². The van der Waals surface area contributed by atoms with Gasteiger partial charge in [0.1, 0.15) is 23.0 Å². The number of hydrogen-bond donors (Lipinski definition) is 3. The standard InChI is InChI=1S/C59H62N8O15S3/c1-38-16-18-42(19-17-38)84(78,79)67(27-8-11-40(68)10-7-24-61-25-22-41(69)23-28-65-51(70)20-21-52(65)71)59(75)55-43-12-3-5-14-48(43)64(49-15-6-4-13-44(49)55)26-9-33-83(76,77)63-31-29-62(30-32-63)53(72)37-66-57(73)46-35-39(2)34-45-54(46)47(58(66)74)36-50(56(45)60)85(80,81)82/h3-6,12-21,34-36,61H,7-11,22-33,37H2,1-2H3,(H2-,60,73,74,80,81,82)/p+1. The zero-order valence-corrected chi connectivity index (χ0v) is 49.1. The minimum Gasteiger partial charge on any atom is -0.397 e. The predicted octanol–water partition coefficient (Wildman–Crippen LogP) is 3.86. The molecule has 0 saturated carbocycles. The maximum Gasteiger partial charge on any atom is 0.296 e. The summed E-state index contributed by atoms with van der Waals surface area (Å²) in [6.07, 6.45) is 3.21. The number of carbonyl (C=O) groups is 8. The second-order valence-corrected chi connectivity index (χ2v) is 26.5. The summed E-state index contributed by atoms with van der Waals surface area (Å²) in [5.74, 6) is -4.79. The highest BCUT2D eigenvalue weighted by Crippen LogP contribution is 2.38. The number of aromatic nitrogens is 1. The molecule has 1 saturated heterocycles. The molecule has 4 heterocycles. The number of pyridine rings is 1. The molecule has 0 atom stereocenters. The number of Topliss-reactive ketones (excluding diaryl/α,β-unsaturated/α-hetero) is 2. The van der Waals surface area contributed by atoms with Crippen LogP contribution in [0.1, 0.15) is 87.1 Å². The largest absolute Gasteiger partial charge is 0.397 e. The summed E-state index contributed by atoms with van der Waals surface area (Å²) in [7, 11) is -13.4. The van der Waals surface area contributed by atoms with Crippen LogP contribution < -0.4 is 15.6 Å². The smallest absolute Gasteiger partial charge is 0.296 e. The number of ketones is 2. The number of benzene rings is 5. The van der Waals surface area contributed by atoms with Crippen molar-refractivity contribution in [2.45, 2.75) is 75.1 Å². The first-order valence-electron chi connectivity index (χ1n) is 27.6. The first-order chi connectivity index (χ1) is 40.4. The Kier molecular flexibility index (Phi) is 18.2. The highest BCUT2D eigenvalue weighted by atomic mass is 32.2. The van der Waals surface area contributed by atoms with Crippen molar-refractivity contribution in [3.8, 4) is 0 Å². The molecule has 0 radical (unpaired) electrons. The maximum absolute atomic E-state index is 15.2. The van der Waals surface area contributed by atoms with Gasteiger partial charge in [0.25, 0.3) is 49.7 Å². The van der Waals surface area contributed by atoms with Crippen molar-refractivity contribution >= 4 is 115 Å². The number of para-hydroxylation sites is 2. The van der Waals surface area contributed by atoms with Crippen molar-refractivity contribution in [2.24, 2.45) is 0 Å². The highest BCUT2D eigenvalue weighted by molar-refractivity contribution is 7.89. The molecule has 3 aliphatic rings. The Labute approximate surface area is 490 Å². The highest BCUT2D eigenvalue weighted by Gasteiger charge is 2.40. The Morgan fingerprint density at radius 1 is 0.659 bits per heavy atom. The third-order valence-electron chi connectivity index (χ3n) is 15.4. The first kappa shape index (κ1) is 61.4. The zero-order chi connectivity index (χ0) is 61.1. The number of imide groups is 2. The number of nitrogens with zero attached hydrogens (tertiary/aromatic N) is 6. The molecule has 6 aromatic rings. The normalized spacial score (nSPS) is 15.0. The maximum atomic E-state index is 15.2. The number of sulfonamides is 2. The van der Waals surface area contributed by atoms with Crippen LogP contribution in [-0.2, 0) is 60.7 Å². The van der Waals surface area contributed by atoms with Gasteiger partial charge in [-0.1, -0.05) is 42.0 Å². The quantitative estimate of drug-likeness (QED) is 0.0183. The Morgan fingerprint density at radius 2 is 1.25 bits per heavy atom. The molecule has 85 heavy (non-hydrogen) atoms. The van der Waals surface area contributed by atoms with Crippen LogP contribution in [0.25, 0.3) is 32.6 Å². The first-order valence-corrected chi connectivity index (χ1v) is 32.1. The third kappa shape index (κ3) is 13.1. The number of amides is 6. The fourth-order valence-corrected chi connectivity index (χ4v) is 14.5. The van der Waals surface area contributed by atoms with Gasteiger partial charge in [0.05, 0.1) is 38.2 Å². The number of hydrogen-bond acceptors (Lipinski definition) is 16. The van der Waals surface area contributed by atoms with Crippen molar-refractivity contribution < 1.29 is 72.7 Å². The Balaban J connectivity index is 0.836. The Hall–Kier alpha value is -8.14. The lowest BCUT2D eigenvalue weighted by molar-refractivity contribution is -0.645. The van der Waals surface area contributed by atoms with E-state index >= 15 is 4.79 Å². The number of aryl methyl sites for hydroxylation is 3. The second kappa shape index (κ2) is 25.2. The van der Waals surface area contributed by atoms with Crippen LogP contribution in [0, 0.1) is 13.8 Å². The number of rotatable bonds is 25. The average Bonchev–Trinajstić information content (AvgIpc) is 1.79. The van der Waals surface area contributed by atoms with Crippen LogP contribution in [0.4, 0.5) is 5.69 Å². The SMILES string of the molecule is Cc1ccc(S(=O)(=O)N(CCCC(=O)CCCNCCC(=O)CCN2C(=O)C=CC2=O)C(=O)c2c3ccccc3[n+](CCCS(=O)(=O)N3CCN(C(=O)CN4C(=O)c5cc(C)cc6c(N)c(S(=O)(=O)O)cc(c56)C4=O)CC3)c3ccccc23)cc1. The van der Waals surface area contributed by atoms with Gasteiger partial charge < -0.3 is 16.0 Å². The number of nitrogens with one attached hydrogen (secondary N) is 1. The summed E-state index contributed by atoms with van der Waals surface area (Å²) in [5, 5.41) is 4.07. The molecule has 0 unspecified atom stereocenters. The van der Waals surface area contributed by atoms with E-state index in [2.05, 4.69) is 5.32 Å². The topological polar surface area (TPSA) is 317 Å². The molecule has 1 aromatic heterocycles. The summed E-state index contributed by atoms with van der Waals surface area (Å²) >= 11 is 0. The van der Waals surface area contributed by atoms with Crippen LogP contribution in [0.15, 0.2) is 113 Å². The summed E-state index contributed by atoms with van der Waals surface area (Å²) in [5.41, 5.74) is 7.93. The molecule has 3 aliphatic heterocycles. The lowest BCUT2D eigenvalue weighted by Gasteiger charge is -2.35. The molecule has 26 heteroatoms. The van der Waals surface area contributed by atoms with Crippen LogP contribution in [0.5, 0.6) is 0 Å². The van der Waals surface area contributed by atoms with E-state index in [0.717, 1.165) is 33.0 Å². The van der Waals surface area contributed by atoms with Crippen molar-refractivity contribution in [3.63, 3.8) is 0 Å². The number of carbonyl (C=O) groups excluding carboxylic acids is 8. The van der Waals surface area contributed by atoms with E-state index in [1.807, 2.05) is 4.57 Å². The lowest BCUT2D eigenvalue weighted by atomic mass is 9.91. The molecule has 0 aliphatic carbocycles. The van der Waals surface area contributed by atoms with Gasteiger partial charge >= 0.3 is 0 Å². The zero-order valence-electron chi connectivity index (χ0n) is 46.7. The van der Waals surface area contributed by atoms with Gasteiger partial charge in [-0.2, -0.15) is 17.3 Å². The van der Waals surface area contributed by atoms with Crippen LogP contribution >= 0.6 is 0 Å². The number of nitrogen functional groups attached to an aromatic ring is 1. The molecular weight excluding hydrogens is 1160 g/mol. The van der Waals surface area contributed by atoms with E-state index in [1.165, 1.54) is 33.5 Å².